The summed E-state index contributed by atoms with van der Waals surface area (Å²) in [5, 5.41) is 2.90. The van der Waals surface area contributed by atoms with Gasteiger partial charge in [0.1, 0.15) is 0 Å². The van der Waals surface area contributed by atoms with Crippen molar-refractivity contribution in [3.8, 4) is 0 Å². The van der Waals surface area contributed by atoms with Gasteiger partial charge in [-0.1, -0.05) is 13.8 Å². The number of methoxy groups -OCH3 is 1. The molecule has 0 aromatic rings. The minimum Gasteiger partial charge on any atom is -0.383 e. The lowest BCUT2D eigenvalue weighted by Crippen LogP contribution is -2.37. The predicted molar refractivity (Wildman–Crippen MR) is 49.0 cm³/mol. The van der Waals surface area contributed by atoms with Gasteiger partial charge in [-0.25, -0.2) is 0 Å². The molecule has 1 atom stereocenters. The molecule has 0 radical (unpaired) electrons. The molecule has 1 N–H and O–H groups in total. The Bertz CT molecular complexity index is 126. The Morgan fingerprint density at radius 3 is 2.58 bits per heavy atom. The summed E-state index contributed by atoms with van der Waals surface area (Å²) in [5.74, 6) is 0.126. The number of rotatable bonds is 6. The van der Waals surface area contributed by atoms with Crippen molar-refractivity contribution in [3.05, 3.63) is 0 Å². The second kappa shape index (κ2) is 7.10. The average Bonchev–Trinajstić information content (AvgIpc) is 2.04. The first-order valence-corrected chi connectivity index (χ1v) is 4.52. The van der Waals surface area contributed by atoms with Crippen molar-refractivity contribution in [1.82, 2.24) is 5.32 Å². The molecule has 0 saturated carbocycles. The summed E-state index contributed by atoms with van der Waals surface area (Å²) in [5.41, 5.74) is 0. The van der Waals surface area contributed by atoms with Crippen LogP contribution in [0.4, 0.5) is 0 Å². The first-order chi connectivity index (χ1) is 5.74. The van der Waals surface area contributed by atoms with Crippen LogP contribution in [0.15, 0.2) is 0 Å². The molecule has 0 aliphatic carbocycles. The summed E-state index contributed by atoms with van der Waals surface area (Å²) < 4.78 is 4.96. The van der Waals surface area contributed by atoms with Gasteiger partial charge in [-0.3, -0.25) is 4.79 Å². The van der Waals surface area contributed by atoms with Gasteiger partial charge in [0.2, 0.25) is 5.91 Å². The minimum atomic E-state index is 0.126. The molecule has 3 nitrogen and oxygen atoms in total. The lowest BCUT2D eigenvalue weighted by atomic mass is 10.2. The van der Waals surface area contributed by atoms with E-state index in [1.165, 1.54) is 0 Å². The zero-order valence-electron chi connectivity index (χ0n) is 8.22. The number of hydrogen-bond donors (Lipinski definition) is 1. The van der Waals surface area contributed by atoms with Crippen molar-refractivity contribution in [2.45, 2.75) is 39.2 Å². The highest BCUT2D eigenvalue weighted by atomic mass is 16.5. The van der Waals surface area contributed by atoms with Gasteiger partial charge in [0.05, 0.1) is 12.6 Å². The smallest absolute Gasteiger partial charge is 0.220 e. The molecule has 3 heteroatoms. The second-order valence-corrected chi connectivity index (χ2v) is 2.88. The van der Waals surface area contributed by atoms with Crippen molar-refractivity contribution < 1.29 is 9.53 Å². The van der Waals surface area contributed by atoms with Gasteiger partial charge in [0.15, 0.2) is 0 Å². The summed E-state index contributed by atoms with van der Waals surface area (Å²) in [6.07, 6.45) is 2.43. The summed E-state index contributed by atoms with van der Waals surface area (Å²) in [6, 6.07) is 0.175. The Balaban J connectivity index is 3.61. The van der Waals surface area contributed by atoms with Crippen LogP contribution in [0.2, 0.25) is 0 Å². The number of carbonyl (C=O) groups excluding carboxylic acids is 1. The Morgan fingerprint density at radius 1 is 1.50 bits per heavy atom. The van der Waals surface area contributed by atoms with E-state index in [2.05, 4.69) is 5.32 Å². The molecule has 0 aromatic carbocycles. The zero-order chi connectivity index (χ0) is 9.40. The number of amides is 1. The Labute approximate surface area is 74.5 Å². The molecule has 1 unspecified atom stereocenters. The van der Waals surface area contributed by atoms with Crippen molar-refractivity contribution in [3.63, 3.8) is 0 Å². The van der Waals surface area contributed by atoms with Crippen LogP contribution < -0.4 is 5.32 Å². The van der Waals surface area contributed by atoms with Crippen LogP contribution >= 0.6 is 0 Å². The van der Waals surface area contributed by atoms with Gasteiger partial charge in [0.25, 0.3) is 0 Å². The van der Waals surface area contributed by atoms with Gasteiger partial charge in [-0.15, -0.1) is 0 Å². The van der Waals surface area contributed by atoms with Crippen LogP contribution in [-0.4, -0.2) is 25.7 Å². The summed E-state index contributed by atoms with van der Waals surface area (Å²) in [4.78, 5) is 11.1. The average molecular weight is 173 g/mol. The van der Waals surface area contributed by atoms with Gasteiger partial charge in [-0.05, 0) is 12.8 Å². The van der Waals surface area contributed by atoms with E-state index < -0.39 is 0 Å². The third kappa shape index (κ3) is 5.13. The topological polar surface area (TPSA) is 38.3 Å². The van der Waals surface area contributed by atoms with Gasteiger partial charge in [-0.2, -0.15) is 0 Å². The number of ether oxygens (including phenoxy) is 1. The van der Waals surface area contributed by atoms with Crippen molar-refractivity contribution >= 4 is 5.91 Å². The molecule has 0 saturated heterocycles. The van der Waals surface area contributed by atoms with E-state index in [1.807, 2.05) is 13.8 Å². The Kier molecular flexibility index (Phi) is 6.76. The molecule has 0 heterocycles. The van der Waals surface area contributed by atoms with Gasteiger partial charge in [0, 0.05) is 13.5 Å². The number of hydrogen-bond acceptors (Lipinski definition) is 2. The highest BCUT2D eigenvalue weighted by Gasteiger charge is 2.08. The van der Waals surface area contributed by atoms with E-state index in [-0.39, 0.29) is 11.9 Å². The predicted octanol–water partition coefficient (Wildman–Crippen LogP) is 1.33. The largest absolute Gasteiger partial charge is 0.383 e. The van der Waals surface area contributed by atoms with Crippen LogP contribution in [0.5, 0.6) is 0 Å². The molecule has 0 aliphatic heterocycles. The van der Waals surface area contributed by atoms with Gasteiger partial charge < -0.3 is 10.1 Å². The zero-order valence-corrected chi connectivity index (χ0v) is 8.22. The molecule has 12 heavy (non-hydrogen) atoms. The monoisotopic (exact) mass is 173 g/mol. The highest BCUT2D eigenvalue weighted by molar-refractivity contribution is 5.76. The summed E-state index contributed by atoms with van der Waals surface area (Å²) in [6.45, 7) is 4.64. The normalized spacial score (nSPS) is 12.6. The van der Waals surface area contributed by atoms with Crippen LogP contribution in [0.25, 0.3) is 0 Å². The van der Waals surface area contributed by atoms with Crippen LogP contribution in [0.1, 0.15) is 33.1 Å². The van der Waals surface area contributed by atoms with Crippen molar-refractivity contribution in [1.29, 1.82) is 0 Å². The fourth-order valence-corrected chi connectivity index (χ4v) is 0.990. The second-order valence-electron chi connectivity index (χ2n) is 2.88. The SMILES string of the molecule is CCCC(=O)NC(CC)COC. The molecule has 0 spiro atoms. The Hall–Kier alpha value is -0.570. The quantitative estimate of drug-likeness (QED) is 0.658. The van der Waals surface area contributed by atoms with Gasteiger partial charge >= 0.3 is 0 Å². The van der Waals surface area contributed by atoms with E-state index in [0.717, 1.165) is 12.8 Å². The highest BCUT2D eigenvalue weighted by Crippen LogP contribution is 1.94. The molecule has 0 aromatic heterocycles. The van der Waals surface area contributed by atoms with Crippen LogP contribution in [0, 0.1) is 0 Å². The first kappa shape index (κ1) is 11.4. The molecule has 0 rings (SSSR count). The Morgan fingerprint density at radius 2 is 2.17 bits per heavy atom. The minimum absolute atomic E-state index is 0.126. The van der Waals surface area contributed by atoms with Crippen LogP contribution in [0.3, 0.4) is 0 Å². The van der Waals surface area contributed by atoms with Crippen LogP contribution in [-0.2, 0) is 9.53 Å². The maximum atomic E-state index is 11.1. The fourth-order valence-electron chi connectivity index (χ4n) is 0.990. The molecule has 0 aliphatic rings. The molecule has 72 valence electrons. The third-order valence-corrected chi connectivity index (χ3v) is 1.70. The van der Waals surface area contributed by atoms with Crippen molar-refractivity contribution in [2.24, 2.45) is 0 Å². The maximum absolute atomic E-state index is 11.1. The molecule has 0 bridgehead atoms. The number of nitrogens with one attached hydrogen (secondary N) is 1. The van der Waals surface area contributed by atoms with E-state index in [9.17, 15) is 4.79 Å². The van der Waals surface area contributed by atoms with E-state index in [4.69, 9.17) is 4.74 Å². The molecule has 1 amide bonds. The van der Waals surface area contributed by atoms with E-state index >= 15 is 0 Å². The van der Waals surface area contributed by atoms with E-state index in [1.54, 1.807) is 7.11 Å². The third-order valence-electron chi connectivity index (χ3n) is 1.70. The molecular weight excluding hydrogens is 154 g/mol. The molecule has 0 fully saturated rings. The summed E-state index contributed by atoms with van der Waals surface area (Å²) >= 11 is 0. The van der Waals surface area contributed by atoms with Crippen molar-refractivity contribution in [2.75, 3.05) is 13.7 Å². The number of carbonyl (C=O) groups is 1. The van der Waals surface area contributed by atoms with E-state index in [0.29, 0.717) is 13.0 Å². The lowest BCUT2D eigenvalue weighted by molar-refractivity contribution is -0.122. The molecular formula is C9H19NO2. The fraction of sp³-hybridized carbons (Fsp3) is 0.889. The standard InChI is InChI=1S/C9H19NO2/c1-4-6-9(11)10-8(5-2)7-12-3/h8H,4-7H2,1-3H3,(H,10,11). The lowest BCUT2D eigenvalue weighted by Gasteiger charge is -2.15. The maximum Gasteiger partial charge on any atom is 0.220 e. The first-order valence-electron chi connectivity index (χ1n) is 4.52. The summed E-state index contributed by atoms with van der Waals surface area (Å²) in [7, 11) is 1.65.